The Bertz CT molecular complexity index is 617. The minimum atomic E-state index is -0.406. The molecule has 1 aromatic carbocycles. The van der Waals surface area contributed by atoms with Gasteiger partial charge in [0.05, 0.1) is 5.75 Å². The van der Waals surface area contributed by atoms with Crippen LogP contribution in [0.3, 0.4) is 0 Å². The van der Waals surface area contributed by atoms with Crippen LogP contribution in [0.5, 0.6) is 5.75 Å². The molecular formula is C14H14O3S. The van der Waals surface area contributed by atoms with E-state index in [-0.39, 0.29) is 5.75 Å². The van der Waals surface area contributed by atoms with Crippen LogP contribution in [0.1, 0.15) is 16.9 Å². The molecule has 4 heteroatoms. The minimum absolute atomic E-state index is 0.352. The molecule has 1 N–H and O–H groups in total. The van der Waals surface area contributed by atoms with Gasteiger partial charge in [0.25, 0.3) is 0 Å². The summed E-state index contributed by atoms with van der Waals surface area (Å²) in [5, 5.41) is 9.08. The second-order valence-corrected chi connectivity index (χ2v) is 5.18. The maximum Gasteiger partial charge on any atom is 0.226 e. The number of benzene rings is 1. The lowest BCUT2D eigenvalue weighted by Gasteiger charge is -2.04. The molecule has 1 heterocycles. The highest BCUT2D eigenvalue weighted by atomic mass is 32.2. The van der Waals surface area contributed by atoms with Gasteiger partial charge < -0.3 is 9.52 Å². The molecule has 0 atom stereocenters. The van der Waals surface area contributed by atoms with Gasteiger partial charge in [-0.3, -0.25) is 4.79 Å². The van der Waals surface area contributed by atoms with E-state index < -0.39 is 5.43 Å². The predicted molar refractivity (Wildman–Crippen MR) is 72.1 cm³/mol. The standard InChI is InChI=1S/C14H14O3S/c1-9-3-4-12(5-10(9)2)18-8-11-6-13(15)14(16)7-17-11/h3-7,16H,8H2,1-2H3. The monoisotopic (exact) mass is 262 g/mol. The number of aromatic hydroxyl groups is 1. The molecule has 0 aliphatic heterocycles. The lowest BCUT2D eigenvalue weighted by Crippen LogP contribution is -1.99. The van der Waals surface area contributed by atoms with Crippen LogP contribution in [-0.2, 0) is 5.75 Å². The molecule has 18 heavy (non-hydrogen) atoms. The molecule has 2 rings (SSSR count). The number of hydrogen-bond donors (Lipinski definition) is 1. The van der Waals surface area contributed by atoms with E-state index in [1.54, 1.807) is 11.8 Å². The molecule has 94 valence electrons. The zero-order valence-electron chi connectivity index (χ0n) is 10.3. The summed E-state index contributed by atoms with van der Waals surface area (Å²) in [4.78, 5) is 12.4. The molecule has 0 saturated heterocycles. The van der Waals surface area contributed by atoms with Crippen molar-refractivity contribution in [2.24, 2.45) is 0 Å². The van der Waals surface area contributed by atoms with E-state index in [1.165, 1.54) is 17.2 Å². The Morgan fingerprint density at radius 1 is 1.22 bits per heavy atom. The summed E-state index contributed by atoms with van der Waals surface area (Å²) < 4.78 is 5.14. The fourth-order valence-corrected chi connectivity index (χ4v) is 2.36. The van der Waals surface area contributed by atoms with E-state index in [9.17, 15) is 4.79 Å². The topological polar surface area (TPSA) is 50.4 Å². The Hall–Kier alpha value is -1.68. The van der Waals surface area contributed by atoms with Gasteiger partial charge in [0.2, 0.25) is 5.43 Å². The summed E-state index contributed by atoms with van der Waals surface area (Å²) in [5.74, 6) is 0.772. The normalized spacial score (nSPS) is 10.6. The van der Waals surface area contributed by atoms with Gasteiger partial charge in [0.15, 0.2) is 5.75 Å². The first-order valence-corrected chi connectivity index (χ1v) is 6.55. The quantitative estimate of drug-likeness (QED) is 0.863. The van der Waals surface area contributed by atoms with Crippen molar-refractivity contribution in [1.82, 2.24) is 0 Å². The van der Waals surface area contributed by atoms with Crippen LogP contribution in [0, 0.1) is 13.8 Å². The molecule has 2 aromatic rings. The molecule has 0 amide bonds. The van der Waals surface area contributed by atoms with Gasteiger partial charge >= 0.3 is 0 Å². The average molecular weight is 262 g/mol. The fourth-order valence-electron chi connectivity index (χ4n) is 1.48. The van der Waals surface area contributed by atoms with Gasteiger partial charge in [0.1, 0.15) is 12.0 Å². The molecular weight excluding hydrogens is 248 g/mol. The Kier molecular flexibility index (Phi) is 3.77. The first kappa shape index (κ1) is 12.8. The summed E-state index contributed by atoms with van der Waals surface area (Å²) in [7, 11) is 0. The molecule has 0 unspecified atom stereocenters. The first-order chi connectivity index (χ1) is 8.56. The second kappa shape index (κ2) is 5.31. The van der Waals surface area contributed by atoms with Crippen LogP contribution in [0.2, 0.25) is 0 Å². The third-order valence-corrected chi connectivity index (χ3v) is 3.74. The van der Waals surface area contributed by atoms with Gasteiger partial charge in [-0.2, -0.15) is 0 Å². The van der Waals surface area contributed by atoms with Gasteiger partial charge in [-0.05, 0) is 37.1 Å². The number of thioether (sulfide) groups is 1. The Labute approximate surface area is 109 Å². The summed E-state index contributed by atoms with van der Waals surface area (Å²) in [5.41, 5.74) is 2.10. The van der Waals surface area contributed by atoms with Crippen molar-refractivity contribution in [3.63, 3.8) is 0 Å². The molecule has 0 fully saturated rings. The van der Waals surface area contributed by atoms with E-state index in [4.69, 9.17) is 9.52 Å². The average Bonchev–Trinajstić information content (AvgIpc) is 2.35. The van der Waals surface area contributed by atoms with Gasteiger partial charge in [0, 0.05) is 11.0 Å². The van der Waals surface area contributed by atoms with Crippen molar-refractivity contribution >= 4 is 11.8 Å². The van der Waals surface area contributed by atoms with Crippen LogP contribution < -0.4 is 5.43 Å². The van der Waals surface area contributed by atoms with Gasteiger partial charge in [-0.1, -0.05) is 6.07 Å². The minimum Gasteiger partial charge on any atom is -0.502 e. The molecule has 0 radical (unpaired) electrons. The Balaban J connectivity index is 2.09. The molecule has 0 aliphatic rings. The van der Waals surface area contributed by atoms with E-state index in [0.29, 0.717) is 11.5 Å². The Morgan fingerprint density at radius 2 is 2.00 bits per heavy atom. The van der Waals surface area contributed by atoms with Crippen LogP contribution in [0.25, 0.3) is 0 Å². The smallest absolute Gasteiger partial charge is 0.226 e. The van der Waals surface area contributed by atoms with E-state index in [1.807, 2.05) is 6.07 Å². The van der Waals surface area contributed by atoms with E-state index in [2.05, 4.69) is 26.0 Å². The van der Waals surface area contributed by atoms with Gasteiger partial charge in [-0.15, -0.1) is 11.8 Å². The Morgan fingerprint density at radius 3 is 2.67 bits per heavy atom. The predicted octanol–water partition coefficient (Wildman–Crippen LogP) is 3.25. The SMILES string of the molecule is Cc1ccc(SCc2cc(=O)c(O)co2)cc1C. The molecule has 1 aromatic heterocycles. The van der Waals surface area contributed by atoms with Crippen LogP contribution >= 0.6 is 11.8 Å². The number of aryl methyl sites for hydroxylation is 2. The largest absolute Gasteiger partial charge is 0.502 e. The molecule has 0 spiro atoms. The first-order valence-electron chi connectivity index (χ1n) is 5.57. The highest BCUT2D eigenvalue weighted by Gasteiger charge is 2.03. The zero-order valence-corrected chi connectivity index (χ0v) is 11.1. The lowest BCUT2D eigenvalue weighted by molar-refractivity contribution is 0.419. The van der Waals surface area contributed by atoms with Crippen LogP contribution in [-0.4, -0.2) is 5.11 Å². The third kappa shape index (κ3) is 2.96. The second-order valence-electron chi connectivity index (χ2n) is 4.13. The number of rotatable bonds is 3. The van der Waals surface area contributed by atoms with Crippen molar-refractivity contribution in [3.05, 3.63) is 57.6 Å². The summed E-state index contributed by atoms with van der Waals surface area (Å²) in [6.07, 6.45) is 1.08. The highest BCUT2D eigenvalue weighted by Crippen LogP contribution is 2.24. The summed E-state index contributed by atoms with van der Waals surface area (Å²) >= 11 is 1.60. The third-order valence-electron chi connectivity index (χ3n) is 2.73. The van der Waals surface area contributed by atoms with Gasteiger partial charge in [-0.25, -0.2) is 0 Å². The maximum atomic E-state index is 11.2. The van der Waals surface area contributed by atoms with Crippen molar-refractivity contribution in [2.75, 3.05) is 0 Å². The van der Waals surface area contributed by atoms with Crippen molar-refractivity contribution < 1.29 is 9.52 Å². The lowest BCUT2D eigenvalue weighted by atomic mass is 10.1. The summed E-state index contributed by atoms with van der Waals surface area (Å²) in [6.45, 7) is 4.14. The zero-order chi connectivity index (χ0) is 13.1. The number of hydrogen-bond acceptors (Lipinski definition) is 4. The fraction of sp³-hybridized carbons (Fsp3) is 0.214. The van der Waals surface area contributed by atoms with Crippen molar-refractivity contribution in [2.45, 2.75) is 24.5 Å². The molecule has 0 bridgehead atoms. The highest BCUT2D eigenvalue weighted by molar-refractivity contribution is 7.98. The van der Waals surface area contributed by atoms with E-state index >= 15 is 0 Å². The van der Waals surface area contributed by atoms with Crippen molar-refractivity contribution in [1.29, 1.82) is 0 Å². The summed E-state index contributed by atoms with van der Waals surface area (Å²) in [6, 6.07) is 7.55. The molecule has 0 saturated carbocycles. The van der Waals surface area contributed by atoms with Crippen LogP contribution in [0.15, 0.2) is 44.6 Å². The van der Waals surface area contributed by atoms with Crippen molar-refractivity contribution in [3.8, 4) is 5.75 Å². The molecule has 0 aliphatic carbocycles. The van der Waals surface area contributed by atoms with Crippen LogP contribution in [0.4, 0.5) is 0 Å². The maximum absolute atomic E-state index is 11.2. The molecule has 3 nitrogen and oxygen atoms in total. The van der Waals surface area contributed by atoms with E-state index in [0.717, 1.165) is 11.2 Å².